The Kier molecular flexibility index (Phi) is 3.90. The van der Waals surface area contributed by atoms with Gasteiger partial charge in [-0.25, -0.2) is 0 Å². The van der Waals surface area contributed by atoms with E-state index < -0.39 is 0 Å². The fraction of sp³-hybridized carbons (Fsp3) is 0.250. The molecule has 0 aliphatic rings. The monoisotopic (exact) mass is 267 g/mol. The zero-order chi connectivity index (χ0) is 14.7. The molecule has 0 radical (unpaired) electrons. The van der Waals surface area contributed by atoms with E-state index >= 15 is 0 Å². The third-order valence-corrected chi connectivity index (χ3v) is 3.53. The van der Waals surface area contributed by atoms with Crippen molar-refractivity contribution in [3.8, 4) is 6.07 Å². The van der Waals surface area contributed by atoms with Crippen LogP contribution in [0.4, 0.5) is 5.69 Å². The smallest absolute Gasteiger partial charge is 0.228 e. The van der Waals surface area contributed by atoms with Crippen LogP contribution >= 0.6 is 0 Å². The number of anilines is 1. The van der Waals surface area contributed by atoms with Gasteiger partial charge in [0.2, 0.25) is 5.91 Å². The first-order valence-electron chi connectivity index (χ1n) is 6.43. The van der Waals surface area contributed by atoms with Crippen LogP contribution in [0.3, 0.4) is 0 Å². The van der Waals surface area contributed by atoms with Gasteiger partial charge in [0.15, 0.2) is 0 Å². The molecule has 1 amide bonds. The first-order chi connectivity index (χ1) is 9.51. The minimum Gasteiger partial charge on any atom is -0.352 e. The lowest BCUT2D eigenvalue weighted by atomic mass is 10.1. The van der Waals surface area contributed by atoms with Gasteiger partial charge in [0, 0.05) is 24.1 Å². The van der Waals surface area contributed by atoms with Crippen LogP contribution in [0.2, 0.25) is 0 Å². The quantitative estimate of drug-likeness (QED) is 0.929. The lowest BCUT2D eigenvalue weighted by molar-refractivity contribution is -0.115. The first kappa shape index (κ1) is 13.9. The molecule has 0 saturated carbocycles. The summed E-state index contributed by atoms with van der Waals surface area (Å²) in [4.78, 5) is 12.0. The molecule has 0 fully saturated rings. The molecule has 4 heteroatoms. The number of nitrogens with one attached hydrogen (secondary N) is 1. The maximum absolute atomic E-state index is 12.0. The number of amides is 1. The van der Waals surface area contributed by atoms with E-state index in [0.29, 0.717) is 17.7 Å². The van der Waals surface area contributed by atoms with Gasteiger partial charge in [-0.05, 0) is 49.7 Å². The maximum atomic E-state index is 12.0. The Morgan fingerprint density at radius 2 is 1.95 bits per heavy atom. The van der Waals surface area contributed by atoms with E-state index in [9.17, 15) is 4.79 Å². The van der Waals surface area contributed by atoms with Crippen molar-refractivity contribution in [3.63, 3.8) is 0 Å². The Hall–Kier alpha value is -2.54. The molecule has 0 aliphatic carbocycles. The van der Waals surface area contributed by atoms with Crippen LogP contribution in [0.15, 0.2) is 30.3 Å². The Bertz CT molecular complexity index is 675. The van der Waals surface area contributed by atoms with Gasteiger partial charge in [-0.3, -0.25) is 4.79 Å². The van der Waals surface area contributed by atoms with E-state index in [0.717, 1.165) is 17.0 Å². The summed E-state index contributed by atoms with van der Waals surface area (Å²) in [5.41, 5.74) is 4.58. The predicted octanol–water partition coefficient (Wildman–Crippen LogP) is 2.69. The van der Waals surface area contributed by atoms with Gasteiger partial charge < -0.3 is 9.88 Å². The number of aromatic nitrogens is 1. The summed E-state index contributed by atoms with van der Waals surface area (Å²) in [6.07, 6.45) is 0.355. The molecule has 0 unspecified atom stereocenters. The summed E-state index contributed by atoms with van der Waals surface area (Å²) in [7, 11) is 1.99. The van der Waals surface area contributed by atoms with E-state index in [2.05, 4.69) is 9.88 Å². The lowest BCUT2D eigenvalue weighted by Gasteiger charge is -2.05. The van der Waals surface area contributed by atoms with Gasteiger partial charge in [0.1, 0.15) is 0 Å². The molecule has 0 spiro atoms. The zero-order valence-electron chi connectivity index (χ0n) is 11.9. The summed E-state index contributed by atoms with van der Waals surface area (Å²) in [5.74, 6) is -0.0524. The van der Waals surface area contributed by atoms with Crippen LogP contribution < -0.4 is 5.32 Å². The van der Waals surface area contributed by atoms with Crippen molar-refractivity contribution in [1.29, 1.82) is 5.26 Å². The van der Waals surface area contributed by atoms with Gasteiger partial charge >= 0.3 is 0 Å². The maximum Gasteiger partial charge on any atom is 0.228 e. The summed E-state index contributed by atoms with van der Waals surface area (Å²) in [5, 5.41) is 11.6. The summed E-state index contributed by atoms with van der Waals surface area (Å²) in [6, 6.07) is 10.9. The molecule has 0 aliphatic heterocycles. The largest absolute Gasteiger partial charge is 0.352 e. The molecule has 0 bridgehead atoms. The SMILES string of the molecule is Cc1cc(CC(=O)Nc2ccc(C#N)cc2)c(C)n1C. The third-order valence-electron chi connectivity index (χ3n) is 3.53. The molecule has 2 aromatic rings. The number of rotatable bonds is 3. The topological polar surface area (TPSA) is 57.8 Å². The Morgan fingerprint density at radius 1 is 1.30 bits per heavy atom. The molecule has 2 rings (SSSR count). The number of benzene rings is 1. The number of carbonyl (C=O) groups is 1. The number of hydrogen-bond acceptors (Lipinski definition) is 2. The normalized spacial score (nSPS) is 10.1. The molecule has 1 heterocycles. The van der Waals surface area contributed by atoms with Crippen molar-refractivity contribution >= 4 is 11.6 Å². The molecular weight excluding hydrogens is 250 g/mol. The number of carbonyl (C=O) groups excluding carboxylic acids is 1. The van der Waals surface area contributed by atoms with Gasteiger partial charge in [0.05, 0.1) is 18.1 Å². The molecule has 0 saturated heterocycles. The summed E-state index contributed by atoms with van der Waals surface area (Å²) in [6.45, 7) is 4.03. The van der Waals surface area contributed by atoms with Crippen LogP contribution in [0, 0.1) is 25.2 Å². The van der Waals surface area contributed by atoms with Crippen molar-refractivity contribution < 1.29 is 4.79 Å². The highest BCUT2D eigenvalue weighted by Crippen LogP contribution is 2.15. The van der Waals surface area contributed by atoms with E-state index in [1.165, 1.54) is 0 Å². The molecule has 102 valence electrons. The lowest BCUT2D eigenvalue weighted by Crippen LogP contribution is -2.14. The highest BCUT2D eigenvalue weighted by molar-refractivity contribution is 5.92. The van der Waals surface area contributed by atoms with Crippen LogP contribution in [0.25, 0.3) is 0 Å². The molecule has 0 atom stereocenters. The molecule has 1 aromatic carbocycles. The fourth-order valence-electron chi connectivity index (χ4n) is 2.12. The molecule has 1 aromatic heterocycles. The fourth-order valence-corrected chi connectivity index (χ4v) is 2.12. The van der Waals surface area contributed by atoms with E-state index in [1.54, 1.807) is 24.3 Å². The Labute approximate surface area is 118 Å². The van der Waals surface area contributed by atoms with Gasteiger partial charge in [0.25, 0.3) is 0 Å². The van der Waals surface area contributed by atoms with Crippen molar-refractivity contribution in [2.45, 2.75) is 20.3 Å². The third kappa shape index (κ3) is 2.89. The average Bonchev–Trinajstić information content (AvgIpc) is 2.67. The van der Waals surface area contributed by atoms with Crippen molar-refractivity contribution in [2.75, 3.05) is 5.32 Å². The van der Waals surface area contributed by atoms with Crippen LogP contribution in [-0.4, -0.2) is 10.5 Å². The predicted molar refractivity (Wildman–Crippen MR) is 78.4 cm³/mol. The molecule has 1 N–H and O–H groups in total. The second kappa shape index (κ2) is 5.62. The van der Waals surface area contributed by atoms with E-state index in [-0.39, 0.29) is 5.91 Å². The van der Waals surface area contributed by atoms with Crippen LogP contribution in [0.1, 0.15) is 22.5 Å². The zero-order valence-corrected chi connectivity index (χ0v) is 11.9. The van der Waals surface area contributed by atoms with Gasteiger partial charge in [-0.1, -0.05) is 0 Å². The second-order valence-electron chi connectivity index (χ2n) is 4.87. The highest BCUT2D eigenvalue weighted by Gasteiger charge is 2.10. The highest BCUT2D eigenvalue weighted by atomic mass is 16.1. The summed E-state index contributed by atoms with van der Waals surface area (Å²) < 4.78 is 2.07. The van der Waals surface area contributed by atoms with Gasteiger partial charge in [-0.15, -0.1) is 0 Å². The molecule has 20 heavy (non-hydrogen) atoms. The number of nitriles is 1. The Morgan fingerprint density at radius 3 is 2.45 bits per heavy atom. The average molecular weight is 267 g/mol. The Balaban J connectivity index is 2.05. The first-order valence-corrected chi connectivity index (χ1v) is 6.43. The van der Waals surface area contributed by atoms with Crippen LogP contribution in [-0.2, 0) is 18.3 Å². The minimum atomic E-state index is -0.0524. The number of nitrogens with zero attached hydrogens (tertiary/aromatic N) is 2. The molecular formula is C16H17N3O. The standard InChI is InChI=1S/C16H17N3O/c1-11-8-14(12(2)19(11)3)9-16(20)18-15-6-4-13(10-17)5-7-15/h4-8H,9H2,1-3H3,(H,18,20). The van der Waals surface area contributed by atoms with E-state index in [4.69, 9.17) is 5.26 Å². The number of hydrogen-bond donors (Lipinski definition) is 1. The van der Waals surface area contributed by atoms with E-state index in [1.807, 2.05) is 33.0 Å². The minimum absolute atomic E-state index is 0.0524. The second-order valence-corrected chi connectivity index (χ2v) is 4.87. The molecule has 4 nitrogen and oxygen atoms in total. The van der Waals surface area contributed by atoms with Gasteiger partial charge in [-0.2, -0.15) is 5.26 Å². The van der Waals surface area contributed by atoms with Crippen molar-refractivity contribution in [1.82, 2.24) is 4.57 Å². The van der Waals surface area contributed by atoms with Crippen molar-refractivity contribution in [2.24, 2.45) is 7.05 Å². The van der Waals surface area contributed by atoms with Crippen LogP contribution in [0.5, 0.6) is 0 Å². The van der Waals surface area contributed by atoms with Crippen molar-refractivity contribution in [3.05, 3.63) is 52.8 Å². The summed E-state index contributed by atoms with van der Waals surface area (Å²) >= 11 is 0. The number of aryl methyl sites for hydroxylation is 1.